The molecule has 0 radical (unpaired) electrons. The minimum absolute atomic E-state index is 0.0895. The molecule has 0 fully saturated rings. The number of rotatable bonds is 7. The van der Waals surface area contributed by atoms with E-state index in [1.807, 2.05) is 0 Å². The molecule has 0 aliphatic carbocycles. The van der Waals surface area contributed by atoms with Gasteiger partial charge in [0.05, 0.1) is 6.61 Å². The Labute approximate surface area is 145 Å². The maximum Gasteiger partial charge on any atom is 0.331 e. The number of aromatic nitrogens is 1. The summed E-state index contributed by atoms with van der Waals surface area (Å²) in [5.41, 5.74) is 0.716. The summed E-state index contributed by atoms with van der Waals surface area (Å²) in [6, 6.07) is 10.1. The van der Waals surface area contributed by atoms with Crippen LogP contribution in [0.5, 0.6) is 0 Å². The molecule has 2 aromatic rings. The van der Waals surface area contributed by atoms with E-state index in [1.165, 1.54) is 12.4 Å². The maximum absolute atomic E-state index is 12.3. The van der Waals surface area contributed by atoms with E-state index in [9.17, 15) is 19.8 Å². The molecule has 3 atom stereocenters. The zero-order valence-electron chi connectivity index (χ0n) is 13.7. The molecular weight excluding hydrogens is 324 g/mol. The van der Waals surface area contributed by atoms with Gasteiger partial charge in [-0.2, -0.15) is 0 Å². The average molecular weight is 344 g/mol. The van der Waals surface area contributed by atoms with E-state index < -0.39 is 30.1 Å². The van der Waals surface area contributed by atoms with E-state index >= 15 is 0 Å². The van der Waals surface area contributed by atoms with Crippen molar-refractivity contribution in [2.75, 3.05) is 6.61 Å². The van der Waals surface area contributed by atoms with Gasteiger partial charge >= 0.3 is 5.97 Å². The SMILES string of the molecule is CCOC(=O)[C@H](NC(=O)[C@H](O)c1ccccc1)[C@H](O)c1cccnc1. The number of aliphatic hydroxyl groups is 2. The summed E-state index contributed by atoms with van der Waals surface area (Å²) in [6.07, 6.45) is 0.0724. The van der Waals surface area contributed by atoms with Crippen LogP contribution >= 0.6 is 0 Å². The number of pyridine rings is 1. The van der Waals surface area contributed by atoms with Crippen molar-refractivity contribution >= 4 is 11.9 Å². The van der Waals surface area contributed by atoms with Gasteiger partial charge in [0.15, 0.2) is 12.1 Å². The summed E-state index contributed by atoms with van der Waals surface area (Å²) >= 11 is 0. The number of hydrogen-bond acceptors (Lipinski definition) is 6. The molecule has 7 heteroatoms. The monoisotopic (exact) mass is 344 g/mol. The van der Waals surface area contributed by atoms with Crippen molar-refractivity contribution in [1.82, 2.24) is 10.3 Å². The Balaban J connectivity index is 2.18. The fourth-order valence-electron chi connectivity index (χ4n) is 2.26. The predicted molar refractivity (Wildman–Crippen MR) is 89.2 cm³/mol. The quantitative estimate of drug-likeness (QED) is 0.644. The molecule has 0 aliphatic heterocycles. The van der Waals surface area contributed by atoms with Gasteiger partial charge in [-0.25, -0.2) is 4.79 Å². The summed E-state index contributed by atoms with van der Waals surface area (Å²) < 4.78 is 4.92. The molecule has 0 saturated carbocycles. The van der Waals surface area contributed by atoms with Crippen LogP contribution in [0.2, 0.25) is 0 Å². The van der Waals surface area contributed by atoms with Crippen molar-refractivity contribution < 1.29 is 24.5 Å². The Morgan fingerprint density at radius 1 is 1.12 bits per heavy atom. The summed E-state index contributed by atoms with van der Waals surface area (Å²) in [7, 11) is 0. The van der Waals surface area contributed by atoms with E-state index in [0.717, 1.165) is 0 Å². The molecule has 0 aliphatic rings. The highest BCUT2D eigenvalue weighted by Gasteiger charge is 2.33. The van der Waals surface area contributed by atoms with E-state index in [-0.39, 0.29) is 6.61 Å². The number of benzene rings is 1. The molecule has 1 aromatic heterocycles. The predicted octanol–water partition coefficient (Wildman–Crippen LogP) is 0.896. The second-order valence-electron chi connectivity index (χ2n) is 5.28. The molecule has 3 N–H and O–H groups in total. The van der Waals surface area contributed by atoms with E-state index in [0.29, 0.717) is 11.1 Å². The number of carbonyl (C=O) groups is 2. The number of carbonyl (C=O) groups excluding carboxylic acids is 2. The molecule has 0 bridgehead atoms. The van der Waals surface area contributed by atoms with Crippen LogP contribution in [0.3, 0.4) is 0 Å². The topological polar surface area (TPSA) is 109 Å². The molecule has 1 aromatic carbocycles. The van der Waals surface area contributed by atoms with Gasteiger partial charge < -0.3 is 20.3 Å². The smallest absolute Gasteiger partial charge is 0.331 e. The molecule has 7 nitrogen and oxygen atoms in total. The molecule has 1 heterocycles. The van der Waals surface area contributed by atoms with E-state index in [4.69, 9.17) is 4.74 Å². The number of nitrogens with zero attached hydrogens (tertiary/aromatic N) is 1. The average Bonchev–Trinajstić information content (AvgIpc) is 2.66. The largest absolute Gasteiger partial charge is 0.464 e. The van der Waals surface area contributed by atoms with Crippen molar-refractivity contribution in [3.8, 4) is 0 Å². The van der Waals surface area contributed by atoms with Gasteiger partial charge in [-0.15, -0.1) is 0 Å². The fourth-order valence-corrected chi connectivity index (χ4v) is 2.26. The number of ether oxygens (including phenoxy) is 1. The molecule has 25 heavy (non-hydrogen) atoms. The number of amides is 1. The van der Waals surface area contributed by atoms with Crippen molar-refractivity contribution in [3.63, 3.8) is 0 Å². The second kappa shape index (κ2) is 8.91. The molecule has 2 rings (SSSR count). The van der Waals surface area contributed by atoms with Crippen molar-refractivity contribution in [1.29, 1.82) is 0 Å². The first-order chi connectivity index (χ1) is 12.0. The van der Waals surface area contributed by atoms with Crippen molar-refractivity contribution in [2.45, 2.75) is 25.2 Å². The van der Waals surface area contributed by atoms with E-state index in [1.54, 1.807) is 49.4 Å². The van der Waals surface area contributed by atoms with Crippen LogP contribution in [0.4, 0.5) is 0 Å². The van der Waals surface area contributed by atoms with Crippen molar-refractivity contribution in [3.05, 3.63) is 66.0 Å². The molecule has 0 spiro atoms. The first-order valence-corrected chi connectivity index (χ1v) is 7.82. The van der Waals surface area contributed by atoms with Crippen LogP contribution in [-0.2, 0) is 14.3 Å². The lowest BCUT2D eigenvalue weighted by molar-refractivity contribution is -0.152. The standard InChI is InChI=1S/C18H20N2O5/c1-2-25-18(24)14(15(21)13-9-6-10-19-11-13)20-17(23)16(22)12-7-4-3-5-8-12/h3-11,14-16,21-22H,2H2,1H3,(H,20,23)/t14-,15-,16-/m1/s1. The Morgan fingerprint density at radius 2 is 1.80 bits per heavy atom. The highest BCUT2D eigenvalue weighted by atomic mass is 16.5. The van der Waals surface area contributed by atoms with Crippen LogP contribution < -0.4 is 5.32 Å². The first-order valence-electron chi connectivity index (χ1n) is 7.82. The van der Waals surface area contributed by atoms with Crippen LogP contribution in [-0.4, -0.2) is 39.7 Å². The van der Waals surface area contributed by atoms with Crippen LogP contribution in [0.1, 0.15) is 30.3 Å². The lowest BCUT2D eigenvalue weighted by Crippen LogP contribution is -2.47. The van der Waals surface area contributed by atoms with Crippen LogP contribution in [0, 0.1) is 0 Å². The van der Waals surface area contributed by atoms with Gasteiger partial charge in [-0.3, -0.25) is 9.78 Å². The van der Waals surface area contributed by atoms with Gasteiger partial charge in [0.2, 0.25) is 0 Å². The normalized spacial score (nSPS) is 14.2. The summed E-state index contributed by atoms with van der Waals surface area (Å²) in [6.45, 7) is 1.71. The molecular formula is C18H20N2O5. The third-order valence-electron chi connectivity index (χ3n) is 3.54. The van der Waals surface area contributed by atoms with Gasteiger partial charge in [-0.1, -0.05) is 36.4 Å². The third kappa shape index (κ3) is 4.85. The second-order valence-corrected chi connectivity index (χ2v) is 5.28. The minimum Gasteiger partial charge on any atom is -0.464 e. The Bertz CT molecular complexity index is 693. The minimum atomic E-state index is -1.47. The zero-order valence-corrected chi connectivity index (χ0v) is 13.7. The highest BCUT2D eigenvalue weighted by molar-refractivity contribution is 5.88. The number of aliphatic hydroxyl groups excluding tert-OH is 2. The van der Waals surface area contributed by atoms with Crippen LogP contribution in [0.25, 0.3) is 0 Å². The third-order valence-corrected chi connectivity index (χ3v) is 3.54. The number of hydrogen-bond donors (Lipinski definition) is 3. The van der Waals surface area contributed by atoms with Crippen molar-refractivity contribution in [2.24, 2.45) is 0 Å². The zero-order chi connectivity index (χ0) is 18.2. The molecule has 0 unspecified atom stereocenters. The summed E-state index contributed by atoms with van der Waals surface area (Å²) in [5, 5.41) is 22.9. The lowest BCUT2D eigenvalue weighted by Gasteiger charge is -2.24. The Hall–Kier alpha value is -2.77. The first kappa shape index (κ1) is 18.6. The Kier molecular flexibility index (Phi) is 6.62. The number of esters is 1. The molecule has 0 saturated heterocycles. The molecule has 1 amide bonds. The lowest BCUT2D eigenvalue weighted by atomic mass is 10.0. The fraction of sp³-hybridized carbons (Fsp3) is 0.278. The Morgan fingerprint density at radius 3 is 2.40 bits per heavy atom. The van der Waals surface area contributed by atoms with Gasteiger partial charge in [0.25, 0.3) is 5.91 Å². The van der Waals surface area contributed by atoms with Gasteiger partial charge in [0, 0.05) is 18.0 Å². The molecule has 132 valence electrons. The van der Waals surface area contributed by atoms with Gasteiger partial charge in [-0.05, 0) is 18.6 Å². The van der Waals surface area contributed by atoms with Crippen LogP contribution in [0.15, 0.2) is 54.9 Å². The summed E-state index contributed by atoms with van der Waals surface area (Å²) in [4.78, 5) is 28.3. The maximum atomic E-state index is 12.3. The van der Waals surface area contributed by atoms with E-state index in [2.05, 4.69) is 10.3 Å². The summed E-state index contributed by atoms with van der Waals surface area (Å²) in [5.74, 6) is -1.61. The van der Waals surface area contributed by atoms with Gasteiger partial charge in [0.1, 0.15) is 6.10 Å². The number of nitrogens with one attached hydrogen (secondary N) is 1. The highest BCUT2D eigenvalue weighted by Crippen LogP contribution is 2.19.